The van der Waals surface area contributed by atoms with E-state index < -0.39 is 39.4 Å². The molecule has 1 aliphatic rings. The van der Waals surface area contributed by atoms with Gasteiger partial charge in [0.1, 0.15) is 5.78 Å². The molecule has 1 heterocycles. The van der Waals surface area contributed by atoms with Gasteiger partial charge in [0.15, 0.2) is 0 Å². The Morgan fingerprint density at radius 3 is 2.51 bits per heavy atom. The topological polar surface area (TPSA) is 117 Å². The van der Waals surface area contributed by atoms with Gasteiger partial charge in [0.2, 0.25) is 0 Å². The summed E-state index contributed by atoms with van der Waals surface area (Å²) < 4.78 is 57.5. The van der Waals surface area contributed by atoms with Gasteiger partial charge in [0.05, 0.1) is 28.1 Å². The fraction of sp³-hybridized carbons (Fsp3) is 0.371. The zero-order valence-electron chi connectivity index (χ0n) is 27.0. The number of hydrazone groups is 1. The average Bonchev–Trinajstić information content (AvgIpc) is 3.08. The lowest BCUT2D eigenvalue weighted by atomic mass is 10.1. The second kappa shape index (κ2) is 18.1. The van der Waals surface area contributed by atoms with E-state index in [-0.39, 0.29) is 46.1 Å². The smallest absolute Gasteiger partial charge is 0.385 e. The van der Waals surface area contributed by atoms with Crippen molar-refractivity contribution in [2.45, 2.75) is 50.5 Å². The van der Waals surface area contributed by atoms with E-state index in [2.05, 4.69) is 20.7 Å². The number of carbonyl (C=O) groups is 3. The van der Waals surface area contributed by atoms with E-state index in [4.69, 9.17) is 16.3 Å². The highest BCUT2D eigenvalue weighted by Crippen LogP contribution is 2.35. The number of alkyl halides is 3. The monoisotopic (exact) mass is 718 g/mol. The predicted molar refractivity (Wildman–Crippen MR) is 186 cm³/mol. The van der Waals surface area contributed by atoms with Gasteiger partial charge in [0.25, 0.3) is 11.8 Å². The number of rotatable bonds is 15. The summed E-state index contributed by atoms with van der Waals surface area (Å²) in [6.07, 6.45) is 0.703. The summed E-state index contributed by atoms with van der Waals surface area (Å²) in [5.41, 5.74) is 3.41. The number of piperidine rings is 1. The van der Waals surface area contributed by atoms with Crippen LogP contribution in [0.3, 0.4) is 0 Å². The lowest BCUT2D eigenvalue weighted by Crippen LogP contribution is -2.30. The number of halogens is 4. The number of methoxy groups -OCH3 is 1. The van der Waals surface area contributed by atoms with Gasteiger partial charge < -0.3 is 15.0 Å². The molecule has 0 spiro atoms. The minimum absolute atomic E-state index is 0.0240. The van der Waals surface area contributed by atoms with Crippen LogP contribution in [0.25, 0.3) is 0 Å². The maximum Gasteiger partial charge on any atom is 0.417 e. The van der Waals surface area contributed by atoms with E-state index in [1.54, 1.807) is 43.5 Å². The highest BCUT2D eigenvalue weighted by molar-refractivity contribution is 7.84. The number of nitrogens with one attached hydrogen (secondary N) is 2. The van der Waals surface area contributed by atoms with Gasteiger partial charge in [-0.3, -0.25) is 18.6 Å². The molecule has 0 saturated carbocycles. The molecular formula is C35H38ClF3N4O5S. The van der Waals surface area contributed by atoms with Crippen molar-refractivity contribution in [3.8, 4) is 0 Å². The Kier molecular flexibility index (Phi) is 13.9. The Labute approximate surface area is 290 Å². The van der Waals surface area contributed by atoms with Gasteiger partial charge in [0, 0.05) is 73.2 Å². The molecule has 0 aliphatic carbocycles. The minimum atomic E-state index is -4.66. The zero-order chi connectivity index (χ0) is 35.4. The van der Waals surface area contributed by atoms with Crippen LogP contribution in [-0.2, 0) is 32.3 Å². The van der Waals surface area contributed by atoms with Crippen LogP contribution in [0.2, 0.25) is 5.02 Å². The molecule has 14 heteroatoms. The fourth-order valence-corrected chi connectivity index (χ4v) is 6.64. The fourth-order valence-electron chi connectivity index (χ4n) is 5.27. The number of nitrogens with zero attached hydrogens (tertiary/aromatic N) is 2. The Morgan fingerprint density at radius 2 is 1.78 bits per heavy atom. The standard InChI is InChI=1S/C35H38ClF3N4O5S/c1-48-17-6-9-28(44)14-18-49(47)23-25-7-5-8-26(19-25)33(45)41-32-13-11-27(43-15-3-2-4-16-43)21-29(32)34(46)42-40-22-24-10-12-31(36)30(20-24)35(37,38)39/h5,7-8,10-13,19-22H,2-4,6,9,14-18,23H2,1H3,(H,41,45)(H,42,46)/b40-22+. The molecule has 1 atom stereocenters. The van der Waals surface area contributed by atoms with Crippen molar-refractivity contribution in [2.75, 3.05) is 42.8 Å². The van der Waals surface area contributed by atoms with Crippen molar-refractivity contribution in [2.24, 2.45) is 5.10 Å². The molecule has 262 valence electrons. The maximum absolute atomic E-state index is 13.4. The molecule has 1 fully saturated rings. The van der Waals surface area contributed by atoms with E-state index >= 15 is 0 Å². The molecule has 4 rings (SSSR count). The summed E-state index contributed by atoms with van der Waals surface area (Å²) in [5, 5.41) is 6.18. The van der Waals surface area contributed by atoms with Crippen LogP contribution in [-0.4, -0.2) is 60.6 Å². The predicted octanol–water partition coefficient (Wildman–Crippen LogP) is 7.00. The molecule has 1 aliphatic heterocycles. The Hall–Kier alpha value is -4.07. The van der Waals surface area contributed by atoms with Crippen molar-refractivity contribution in [3.63, 3.8) is 0 Å². The molecule has 2 N–H and O–H groups in total. The number of carbonyl (C=O) groups excluding carboxylic acids is 3. The number of anilines is 2. The van der Waals surface area contributed by atoms with Crippen LogP contribution in [0.4, 0.5) is 24.5 Å². The molecular weight excluding hydrogens is 681 g/mol. The van der Waals surface area contributed by atoms with Gasteiger partial charge >= 0.3 is 6.18 Å². The molecule has 9 nitrogen and oxygen atoms in total. The van der Waals surface area contributed by atoms with Crippen molar-refractivity contribution in [1.82, 2.24) is 5.43 Å². The average molecular weight is 719 g/mol. The summed E-state index contributed by atoms with van der Waals surface area (Å²) in [4.78, 5) is 40.9. The Bertz CT molecular complexity index is 1700. The molecule has 0 radical (unpaired) electrons. The van der Waals surface area contributed by atoms with E-state index in [9.17, 15) is 31.8 Å². The molecule has 0 aromatic heterocycles. The Morgan fingerprint density at radius 1 is 1.00 bits per heavy atom. The van der Waals surface area contributed by atoms with Gasteiger partial charge in [-0.2, -0.15) is 18.3 Å². The van der Waals surface area contributed by atoms with Crippen molar-refractivity contribution in [1.29, 1.82) is 0 Å². The van der Waals surface area contributed by atoms with Crippen LogP contribution in [0.1, 0.15) is 75.9 Å². The van der Waals surface area contributed by atoms with Crippen LogP contribution in [0.15, 0.2) is 65.8 Å². The van der Waals surface area contributed by atoms with Gasteiger partial charge in [-0.15, -0.1) is 0 Å². The van der Waals surface area contributed by atoms with Crippen molar-refractivity contribution < 1.29 is 36.5 Å². The summed E-state index contributed by atoms with van der Waals surface area (Å²) >= 11 is 5.70. The molecule has 3 aromatic rings. The lowest BCUT2D eigenvalue weighted by Gasteiger charge is -2.29. The van der Waals surface area contributed by atoms with Crippen molar-refractivity contribution >= 4 is 57.6 Å². The molecule has 0 bridgehead atoms. The number of amides is 2. The molecule has 3 aromatic carbocycles. The second-order valence-corrected chi connectivity index (χ2v) is 13.5. The third kappa shape index (κ3) is 11.5. The molecule has 1 saturated heterocycles. The lowest BCUT2D eigenvalue weighted by molar-refractivity contribution is -0.137. The second-order valence-electron chi connectivity index (χ2n) is 11.5. The number of ketones is 1. The van der Waals surface area contributed by atoms with Crippen LogP contribution < -0.4 is 15.6 Å². The number of hydrogen-bond acceptors (Lipinski definition) is 7. The van der Waals surface area contributed by atoms with Crippen molar-refractivity contribution in [3.05, 3.63) is 93.5 Å². The third-order valence-corrected chi connectivity index (χ3v) is 9.47. The van der Waals surface area contributed by atoms with E-state index in [0.717, 1.165) is 56.4 Å². The van der Waals surface area contributed by atoms with Crippen LogP contribution >= 0.6 is 11.6 Å². The number of Topliss-reactive ketones (excluding diaryl/α,β-unsaturated/α-hetero) is 1. The summed E-state index contributed by atoms with van der Waals surface area (Å²) in [6, 6.07) is 15.0. The maximum atomic E-state index is 13.4. The first-order valence-electron chi connectivity index (χ1n) is 15.8. The molecule has 49 heavy (non-hydrogen) atoms. The number of benzene rings is 3. The summed E-state index contributed by atoms with van der Waals surface area (Å²) in [7, 11) is 0.254. The SMILES string of the molecule is COCCCC(=O)CCS(=O)Cc1cccc(C(=O)Nc2ccc(N3CCCCC3)cc2C(=O)N/N=C/c2ccc(Cl)c(C(F)(F)F)c2)c1. The first kappa shape index (κ1) is 37.7. The summed E-state index contributed by atoms with van der Waals surface area (Å²) in [5.74, 6) is -0.785. The van der Waals surface area contributed by atoms with Gasteiger partial charge in [-0.05, 0) is 79.3 Å². The van der Waals surface area contributed by atoms with E-state index in [0.29, 0.717) is 25.0 Å². The van der Waals surface area contributed by atoms with Crippen LogP contribution in [0, 0.1) is 0 Å². The zero-order valence-corrected chi connectivity index (χ0v) is 28.6. The quantitative estimate of drug-likeness (QED) is 0.0994. The third-order valence-electron chi connectivity index (χ3n) is 7.82. The first-order valence-corrected chi connectivity index (χ1v) is 17.7. The van der Waals surface area contributed by atoms with Crippen LogP contribution in [0.5, 0.6) is 0 Å². The minimum Gasteiger partial charge on any atom is -0.385 e. The largest absolute Gasteiger partial charge is 0.417 e. The molecule has 1 unspecified atom stereocenters. The summed E-state index contributed by atoms with van der Waals surface area (Å²) in [6.45, 7) is 2.10. The number of hydrogen-bond donors (Lipinski definition) is 2. The van der Waals surface area contributed by atoms with Gasteiger partial charge in [-0.25, -0.2) is 5.43 Å². The number of ether oxygens (including phenoxy) is 1. The first-order chi connectivity index (χ1) is 23.4. The molecule has 2 amide bonds. The normalized spacial score (nSPS) is 14.1. The Balaban J connectivity index is 1.48. The highest BCUT2D eigenvalue weighted by atomic mass is 35.5. The highest BCUT2D eigenvalue weighted by Gasteiger charge is 2.33. The van der Waals surface area contributed by atoms with E-state index in [1.807, 2.05) is 6.07 Å². The van der Waals surface area contributed by atoms with E-state index in [1.165, 1.54) is 6.07 Å². The van der Waals surface area contributed by atoms with Gasteiger partial charge in [-0.1, -0.05) is 29.8 Å².